The number of aryl methyl sites for hydroxylation is 2. The molecule has 0 aliphatic rings. The van der Waals surface area contributed by atoms with Crippen molar-refractivity contribution in [2.75, 3.05) is 7.11 Å². The zero-order chi connectivity index (χ0) is 15.7. The van der Waals surface area contributed by atoms with Crippen molar-refractivity contribution >= 4 is 22.9 Å². The molecule has 0 radical (unpaired) electrons. The minimum absolute atomic E-state index is 0.728. The number of methoxy groups -OCH3 is 1. The Morgan fingerprint density at radius 3 is 2.41 bits per heavy atom. The van der Waals surface area contributed by atoms with Crippen LogP contribution in [0.1, 0.15) is 11.1 Å². The van der Waals surface area contributed by atoms with Crippen LogP contribution < -0.4 is 4.74 Å². The van der Waals surface area contributed by atoms with Crippen LogP contribution in [0, 0.1) is 13.8 Å². The number of hydrogen-bond donors (Lipinski definition) is 0. The van der Waals surface area contributed by atoms with Crippen molar-refractivity contribution in [2.45, 2.75) is 13.8 Å². The summed E-state index contributed by atoms with van der Waals surface area (Å²) >= 11 is 7.88. The van der Waals surface area contributed by atoms with Crippen LogP contribution in [-0.4, -0.2) is 12.1 Å². The average Bonchev–Trinajstić information content (AvgIpc) is 2.96. The summed E-state index contributed by atoms with van der Waals surface area (Å²) in [5.41, 5.74) is 5.44. The number of nitrogens with zero attached hydrogens (tertiary/aromatic N) is 1. The lowest BCUT2D eigenvalue weighted by molar-refractivity contribution is 0.414. The smallest absolute Gasteiger partial charge is 0.125 e. The Labute approximate surface area is 139 Å². The molecule has 112 valence electrons. The van der Waals surface area contributed by atoms with Crippen molar-refractivity contribution in [3.63, 3.8) is 0 Å². The van der Waals surface area contributed by atoms with E-state index in [2.05, 4.69) is 19.2 Å². The number of aromatic nitrogens is 1. The molecule has 0 aliphatic heterocycles. The number of thiazole rings is 1. The van der Waals surface area contributed by atoms with Crippen LogP contribution in [0.15, 0.2) is 41.8 Å². The Bertz CT molecular complexity index is 802. The van der Waals surface area contributed by atoms with Crippen LogP contribution in [0.5, 0.6) is 5.75 Å². The van der Waals surface area contributed by atoms with Gasteiger partial charge in [0.1, 0.15) is 10.8 Å². The van der Waals surface area contributed by atoms with Crippen LogP contribution in [-0.2, 0) is 0 Å². The summed E-state index contributed by atoms with van der Waals surface area (Å²) < 4.78 is 5.32. The molecule has 2 aromatic carbocycles. The van der Waals surface area contributed by atoms with E-state index in [1.165, 1.54) is 0 Å². The molecule has 0 amide bonds. The van der Waals surface area contributed by atoms with Gasteiger partial charge in [-0.3, -0.25) is 0 Å². The fourth-order valence-electron chi connectivity index (χ4n) is 2.59. The third-order valence-electron chi connectivity index (χ3n) is 3.61. The van der Waals surface area contributed by atoms with Crippen LogP contribution in [0.25, 0.3) is 21.8 Å². The first-order chi connectivity index (χ1) is 10.6. The molecule has 0 fully saturated rings. The van der Waals surface area contributed by atoms with E-state index in [-0.39, 0.29) is 0 Å². The molecule has 0 N–H and O–H groups in total. The molecule has 1 aromatic heterocycles. The van der Waals surface area contributed by atoms with Gasteiger partial charge in [-0.1, -0.05) is 29.8 Å². The second-order valence-electron chi connectivity index (χ2n) is 5.15. The number of rotatable bonds is 3. The van der Waals surface area contributed by atoms with E-state index >= 15 is 0 Å². The van der Waals surface area contributed by atoms with Crippen molar-refractivity contribution in [3.8, 4) is 27.6 Å². The Morgan fingerprint density at radius 1 is 1.09 bits per heavy atom. The van der Waals surface area contributed by atoms with E-state index in [1.54, 1.807) is 18.4 Å². The van der Waals surface area contributed by atoms with Gasteiger partial charge in [0, 0.05) is 16.5 Å². The highest BCUT2D eigenvalue weighted by Crippen LogP contribution is 2.36. The van der Waals surface area contributed by atoms with Crippen molar-refractivity contribution in [1.82, 2.24) is 4.98 Å². The van der Waals surface area contributed by atoms with E-state index in [0.29, 0.717) is 0 Å². The molecule has 0 spiro atoms. The fraction of sp³-hybridized carbons (Fsp3) is 0.167. The second kappa shape index (κ2) is 6.11. The largest absolute Gasteiger partial charge is 0.497 e. The van der Waals surface area contributed by atoms with Crippen molar-refractivity contribution in [3.05, 3.63) is 57.9 Å². The number of halogens is 1. The van der Waals surface area contributed by atoms with Crippen molar-refractivity contribution < 1.29 is 4.74 Å². The Hall–Kier alpha value is -1.84. The standard InChI is InChI=1S/C18H16ClNOS/c1-11-8-13(21-3)9-12(2)17(11)16-10-22-18(20-16)14-6-4-5-7-15(14)19/h4-10H,1-3H3. The topological polar surface area (TPSA) is 22.1 Å². The van der Waals surface area contributed by atoms with Gasteiger partial charge < -0.3 is 4.74 Å². The molecule has 3 rings (SSSR count). The predicted molar refractivity (Wildman–Crippen MR) is 94.0 cm³/mol. The first-order valence-corrected chi connectivity index (χ1v) is 8.22. The van der Waals surface area contributed by atoms with E-state index in [4.69, 9.17) is 21.3 Å². The first kappa shape index (κ1) is 15.1. The maximum absolute atomic E-state index is 6.27. The summed E-state index contributed by atoms with van der Waals surface area (Å²) in [7, 11) is 1.69. The molecule has 0 atom stereocenters. The van der Waals surface area contributed by atoms with Crippen LogP contribution >= 0.6 is 22.9 Å². The minimum atomic E-state index is 0.728. The highest BCUT2D eigenvalue weighted by atomic mass is 35.5. The van der Waals surface area contributed by atoms with E-state index < -0.39 is 0 Å². The summed E-state index contributed by atoms with van der Waals surface area (Å²) in [5, 5.41) is 3.75. The minimum Gasteiger partial charge on any atom is -0.497 e. The molecule has 0 saturated carbocycles. The van der Waals surface area contributed by atoms with Gasteiger partial charge in [-0.05, 0) is 43.2 Å². The van der Waals surface area contributed by atoms with Gasteiger partial charge in [0.2, 0.25) is 0 Å². The molecule has 0 saturated heterocycles. The van der Waals surface area contributed by atoms with Gasteiger partial charge in [-0.2, -0.15) is 0 Å². The molecule has 0 aliphatic carbocycles. The summed E-state index contributed by atoms with van der Waals surface area (Å²) in [4.78, 5) is 4.78. The number of hydrogen-bond acceptors (Lipinski definition) is 3. The number of benzene rings is 2. The Balaban J connectivity index is 2.07. The zero-order valence-corrected chi connectivity index (χ0v) is 14.3. The van der Waals surface area contributed by atoms with Crippen molar-refractivity contribution in [2.24, 2.45) is 0 Å². The average molecular weight is 330 g/mol. The molecule has 0 unspecified atom stereocenters. The van der Waals surface area contributed by atoms with E-state index in [9.17, 15) is 0 Å². The van der Waals surface area contributed by atoms with Crippen LogP contribution in [0.3, 0.4) is 0 Å². The number of ether oxygens (including phenoxy) is 1. The fourth-order valence-corrected chi connectivity index (χ4v) is 3.72. The highest BCUT2D eigenvalue weighted by molar-refractivity contribution is 7.13. The lowest BCUT2D eigenvalue weighted by atomic mass is 10.0. The maximum atomic E-state index is 6.27. The maximum Gasteiger partial charge on any atom is 0.125 e. The monoisotopic (exact) mass is 329 g/mol. The lowest BCUT2D eigenvalue weighted by Gasteiger charge is -2.10. The lowest BCUT2D eigenvalue weighted by Crippen LogP contribution is -1.92. The van der Waals surface area contributed by atoms with Gasteiger partial charge in [0.15, 0.2) is 0 Å². The van der Waals surface area contributed by atoms with Crippen LogP contribution in [0.2, 0.25) is 5.02 Å². The summed E-state index contributed by atoms with van der Waals surface area (Å²) in [6.45, 7) is 4.17. The summed E-state index contributed by atoms with van der Waals surface area (Å²) in [5.74, 6) is 0.875. The molecule has 1 heterocycles. The van der Waals surface area contributed by atoms with Gasteiger partial charge >= 0.3 is 0 Å². The van der Waals surface area contributed by atoms with Crippen LogP contribution in [0.4, 0.5) is 0 Å². The highest BCUT2D eigenvalue weighted by Gasteiger charge is 2.13. The second-order valence-corrected chi connectivity index (χ2v) is 6.42. The van der Waals surface area contributed by atoms with E-state index in [0.717, 1.165) is 43.7 Å². The Kier molecular flexibility index (Phi) is 4.19. The van der Waals surface area contributed by atoms with Gasteiger partial charge in [0.25, 0.3) is 0 Å². The Morgan fingerprint density at radius 2 is 1.77 bits per heavy atom. The first-order valence-electron chi connectivity index (χ1n) is 6.96. The van der Waals surface area contributed by atoms with Gasteiger partial charge in [-0.25, -0.2) is 4.98 Å². The van der Waals surface area contributed by atoms with Gasteiger partial charge in [-0.15, -0.1) is 11.3 Å². The predicted octanol–water partition coefficient (Wildman–Crippen LogP) is 5.76. The zero-order valence-electron chi connectivity index (χ0n) is 12.7. The quantitative estimate of drug-likeness (QED) is 0.609. The molecule has 3 aromatic rings. The van der Waals surface area contributed by atoms with E-state index in [1.807, 2.05) is 36.4 Å². The van der Waals surface area contributed by atoms with Gasteiger partial charge in [0.05, 0.1) is 17.8 Å². The SMILES string of the molecule is COc1cc(C)c(-c2csc(-c3ccccc3Cl)n2)c(C)c1. The molecular formula is C18H16ClNOS. The molecular weight excluding hydrogens is 314 g/mol. The molecule has 2 nitrogen and oxygen atoms in total. The molecule has 0 bridgehead atoms. The summed E-state index contributed by atoms with van der Waals surface area (Å²) in [6, 6.07) is 11.9. The van der Waals surface area contributed by atoms with Crippen molar-refractivity contribution in [1.29, 1.82) is 0 Å². The molecule has 22 heavy (non-hydrogen) atoms. The summed E-state index contributed by atoms with van der Waals surface area (Å²) in [6.07, 6.45) is 0. The normalized spacial score (nSPS) is 10.7. The third kappa shape index (κ3) is 2.74. The third-order valence-corrected chi connectivity index (χ3v) is 4.81. The molecule has 4 heteroatoms.